The van der Waals surface area contributed by atoms with Gasteiger partial charge in [0.1, 0.15) is 17.3 Å². The molecule has 2 bridgehead atoms. The van der Waals surface area contributed by atoms with Gasteiger partial charge in [-0.1, -0.05) is 12.1 Å². The molecule has 0 spiro atoms. The molecule has 1 atom stereocenters. The minimum Gasteiger partial charge on any atom is -0.490 e. The molecule has 160 valence electrons. The molecule has 0 aliphatic carbocycles. The molecular formula is C25H23N5O2. The third kappa shape index (κ3) is 4.09. The summed E-state index contributed by atoms with van der Waals surface area (Å²) in [5, 5.41) is 2.93. The number of imidazole rings is 1. The summed E-state index contributed by atoms with van der Waals surface area (Å²) in [6.45, 7) is 2.85. The second-order valence-electron chi connectivity index (χ2n) is 7.82. The molecule has 4 heterocycles. The Labute approximate surface area is 186 Å². The maximum absolute atomic E-state index is 13.3. The van der Waals surface area contributed by atoms with E-state index in [1.807, 2.05) is 55.6 Å². The van der Waals surface area contributed by atoms with Crippen LogP contribution >= 0.6 is 0 Å². The summed E-state index contributed by atoms with van der Waals surface area (Å²) in [6, 6.07) is 15.1. The number of rotatable bonds is 1. The number of amides is 1. The molecule has 7 heteroatoms. The zero-order chi connectivity index (χ0) is 21.9. The van der Waals surface area contributed by atoms with Gasteiger partial charge < -0.3 is 14.6 Å². The number of nitrogens with zero attached hydrogens (tertiary/aromatic N) is 4. The van der Waals surface area contributed by atoms with E-state index in [1.54, 1.807) is 24.7 Å². The number of nitrogens with one attached hydrogen (secondary N) is 1. The van der Waals surface area contributed by atoms with Crippen molar-refractivity contribution in [2.75, 3.05) is 5.32 Å². The van der Waals surface area contributed by atoms with Crippen molar-refractivity contribution in [3.8, 4) is 28.4 Å². The Hall–Kier alpha value is -4.00. The molecule has 1 amide bonds. The Morgan fingerprint density at radius 3 is 2.81 bits per heavy atom. The number of hydrogen-bond acceptors (Lipinski definition) is 5. The molecule has 0 fully saturated rings. The van der Waals surface area contributed by atoms with Crippen molar-refractivity contribution in [2.45, 2.75) is 32.4 Å². The van der Waals surface area contributed by atoms with Crippen molar-refractivity contribution >= 4 is 11.7 Å². The maximum atomic E-state index is 13.3. The van der Waals surface area contributed by atoms with Crippen molar-refractivity contribution in [3.05, 3.63) is 78.9 Å². The number of ether oxygens (including phenoxy) is 1. The quantitative estimate of drug-likeness (QED) is 0.473. The Morgan fingerprint density at radius 2 is 1.94 bits per heavy atom. The summed E-state index contributed by atoms with van der Waals surface area (Å²) in [6.07, 6.45) is 8.92. The van der Waals surface area contributed by atoms with Crippen molar-refractivity contribution in [3.63, 3.8) is 0 Å². The van der Waals surface area contributed by atoms with Crippen molar-refractivity contribution in [2.24, 2.45) is 0 Å². The van der Waals surface area contributed by atoms with Crippen LogP contribution in [0.15, 0.2) is 73.3 Å². The van der Waals surface area contributed by atoms with Gasteiger partial charge in [0.25, 0.3) is 5.91 Å². The van der Waals surface area contributed by atoms with Gasteiger partial charge in [-0.25, -0.2) is 9.97 Å². The fraction of sp³-hybridized carbons (Fsp3) is 0.200. The van der Waals surface area contributed by atoms with E-state index in [0.29, 0.717) is 17.1 Å². The monoisotopic (exact) mass is 425 g/mol. The van der Waals surface area contributed by atoms with Gasteiger partial charge in [-0.2, -0.15) is 0 Å². The lowest BCUT2D eigenvalue weighted by atomic mass is 10.0. The van der Waals surface area contributed by atoms with E-state index in [0.717, 1.165) is 42.0 Å². The highest BCUT2D eigenvalue weighted by molar-refractivity contribution is 6.06. The smallest absolute Gasteiger partial charge is 0.260 e. The molecule has 32 heavy (non-hydrogen) atoms. The molecule has 1 aliphatic rings. The predicted molar refractivity (Wildman–Crippen MR) is 122 cm³/mol. The Kier molecular flexibility index (Phi) is 5.37. The van der Waals surface area contributed by atoms with Crippen LogP contribution in [0.25, 0.3) is 22.6 Å². The van der Waals surface area contributed by atoms with E-state index >= 15 is 0 Å². The molecule has 3 aromatic heterocycles. The average Bonchev–Trinajstić information content (AvgIpc) is 3.28. The molecule has 1 aliphatic heterocycles. The first-order valence-electron chi connectivity index (χ1n) is 10.7. The van der Waals surface area contributed by atoms with Gasteiger partial charge in [0.05, 0.1) is 11.7 Å². The van der Waals surface area contributed by atoms with Gasteiger partial charge in [0.2, 0.25) is 0 Å². The van der Waals surface area contributed by atoms with E-state index in [4.69, 9.17) is 4.74 Å². The molecular weight excluding hydrogens is 402 g/mol. The zero-order valence-electron chi connectivity index (χ0n) is 17.7. The number of aryl methyl sites for hydroxylation is 1. The van der Waals surface area contributed by atoms with Crippen molar-refractivity contribution in [1.29, 1.82) is 0 Å². The number of aromatic nitrogens is 4. The first-order valence-corrected chi connectivity index (χ1v) is 10.7. The lowest BCUT2D eigenvalue weighted by molar-refractivity contribution is 0.101. The average molecular weight is 425 g/mol. The van der Waals surface area contributed by atoms with Crippen LogP contribution in [0.3, 0.4) is 0 Å². The number of anilines is 1. The van der Waals surface area contributed by atoms with Gasteiger partial charge in [-0.15, -0.1) is 0 Å². The molecule has 0 radical (unpaired) electrons. The SMILES string of the molecule is C[C@@H]1CCCn2ccnc2-c2cccc(n2)NC(=O)c2cc(-c3ccncc3)ccc2O1. The van der Waals surface area contributed by atoms with Crippen LogP contribution in [0.1, 0.15) is 30.1 Å². The Morgan fingerprint density at radius 1 is 1.06 bits per heavy atom. The van der Waals surface area contributed by atoms with E-state index in [2.05, 4.69) is 24.8 Å². The van der Waals surface area contributed by atoms with E-state index in [-0.39, 0.29) is 12.0 Å². The highest BCUT2D eigenvalue weighted by atomic mass is 16.5. The summed E-state index contributed by atoms with van der Waals surface area (Å²) in [5.41, 5.74) is 3.09. The van der Waals surface area contributed by atoms with Gasteiger partial charge >= 0.3 is 0 Å². The minimum absolute atomic E-state index is 0.0424. The van der Waals surface area contributed by atoms with Crippen LogP contribution < -0.4 is 10.1 Å². The second kappa shape index (κ2) is 8.63. The number of carbonyl (C=O) groups is 1. The molecule has 0 saturated heterocycles. The molecule has 0 unspecified atom stereocenters. The van der Waals surface area contributed by atoms with Crippen LogP contribution in [-0.4, -0.2) is 31.5 Å². The number of pyridine rings is 2. The fourth-order valence-corrected chi connectivity index (χ4v) is 3.89. The molecule has 4 aromatic rings. The maximum Gasteiger partial charge on any atom is 0.260 e. The largest absolute Gasteiger partial charge is 0.490 e. The number of benzene rings is 1. The highest BCUT2D eigenvalue weighted by Gasteiger charge is 2.19. The van der Waals surface area contributed by atoms with Crippen LogP contribution in [0.5, 0.6) is 5.75 Å². The molecule has 0 saturated carbocycles. The van der Waals surface area contributed by atoms with E-state index in [1.165, 1.54) is 0 Å². The molecule has 1 aromatic carbocycles. The lowest BCUT2D eigenvalue weighted by Gasteiger charge is -2.19. The number of carbonyl (C=O) groups excluding carboxylic acids is 1. The fourth-order valence-electron chi connectivity index (χ4n) is 3.89. The zero-order valence-corrected chi connectivity index (χ0v) is 17.7. The van der Waals surface area contributed by atoms with Crippen LogP contribution in [0, 0.1) is 0 Å². The van der Waals surface area contributed by atoms with Crippen molar-refractivity contribution in [1.82, 2.24) is 19.5 Å². The van der Waals surface area contributed by atoms with E-state index < -0.39 is 0 Å². The third-order valence-electron chi connectivity index (χ3n) is 5.51. The minimum atomic E-state index is -0.270. The first-order chi connectivity index (χ1) is 15.7. The summed E-state index contributed by atoms with van der Waals surface area (Å²) in [7, 11) is 0. The van der Waals surface area contributed by atoms with Crippen molar-refractivity contribution < 1.29 is 9.53 Å². The predicted octanol–water partition coefficient (Wildman–Crippen LogP) is 4.82. The van der Waals surface area contributed by atoms with Gasteiger partial charge in [0, 0.05) is 31.3 Å². The second-order valence-corrected chi connectivity index (χ2v) is 7.82. The van der Waals surface area contributed by atoms with Crippen LogP contribution in [-0.2, 0) is 6.54 Å². The van der Waals surface area contributed by atoms with Crippen LogP contribution in [0.2, 0.25) is 0 Å². The van der Waals surface area contributed by atoms with Gasteiger partial charge in [-0.3, -0.25) is 9.78 Å². The highest BCUT2D eigenvalue weighted by Crippen LogP contribution is 2.29. The topological polar surface area (TPSA) is 81.9 Å². The summed E-state index contributed by atoms with van der Waals surface area (Å²) in [4.78, 5) is 26.5. The third-order valence-corrected chi connectivity index (χ3v) is 5.51. The summed E-state index contributed by atoms with van der Waals surface area (Å²) >= 11 is 0. The number of fused-ring (bicyclic) bond motifs is 5. The first kappa shape index (κ1) is 19.9. The van der Waals surface area contributed by atoms with Gasteiger partial charge in [0.15, 0.2) is 5.82 Å². The summed E-state index contributed by atoms with van der Waals surface area (Å²) in [5.74, 6) is 1.54. The summed E-state index contributed by atoms with van der Waals surface area (Å²) < 4.78 is 8.29. The van der Waals surface area contributed by atoms with Crippen LogP contribution in [0.4, 0.5) is 5.82 Å². The molecule has 1 N–H and O–H groups in total. The standard InChI is InChI=1S/C25H23N5O2/c1-17-4-3-14-30-15-13-27-24(30)21-5-2-6-23(28-21)29-25(31)20-16-19(7-8-22(20)32-17)18-9-11-26-12-10-18/h2,5-13,15-17H,3-4,14H2,1H3,(H,28,29,31)/t17-/m1/s1. The van der Waals surface area contributed by atoms with Gasteiger partial charge in [-0.05, 0) is 67.3 Å². The Bertz CT molecular complexity index is 1250. The Balaban J connectivity index is 1.56. The lowest BCUT2D eigenvalue weighted by Crippen LogP contribution is -2.19. The number of hydrogen-bond donors (Lipinski definition) is 1. The normalized spacial score (nSPS) is 16.2. The van der Waals surface area contributed by atoms with E-state index in [9.17, 15) is 4.79 Å². The molecule has 7 nitrogen and oxygen atoms in total. The molecule has 5 rings (SSSR count).